The van der Waals surface area contributed by atoms with Gasteiger partial charge in [0.15, 0.2) is 11.6 Å². The summed E-state index contributed by atoms with van der Waals surface area (Å²) in [5, 5.41) is 6.15. The van der Waals surface area contributed by atoms with E-state index in [0.29, 0.717) is 13.1 Å². The minimum atomic E-state index is 0.0818. The van der Waals surface area contributed by atoms with Crippen LogP contribution in [0.4, 0.5) is 5.69 Å². The molecule has 0 bridgehead atoms. The number of anilines is 1. The second-order valence-electron chi connectivity index (χ2n) is 7.31. The van der Waals surface area contributed by atoms with Crippen molar-refractivity contribution >= 4 is 17.3 Å². The van der Waals surface area contributed by atoms with Gasteiger partial charge in [0, 0.05) is 29.9 Å². The van der Waals surface area contributed by atoms with Crippen molar-refractivity contribution in [1.82, 2.24) is 10.6 Å². The minimum absolute atomic E-state index is 0.0818. The van der Waals surface area contributed by atoms with Crippen LogP contribution in [0.5, 0.6) is 0 Å². The SMILES string of the molecule is CNCc1c(C(C)=O)ccc(N)c1C.CNCc1c(CCCN)cccc1C(C)=O. The predicted molar refractivity (Wildman–Crippen MR) is 125 cm³/mol. The number of hydrogen-bond donors (Lipinski definition) is 4. The summed E-state index contributed by atoms with van der Waals surface area (Å²) in [6.45, 7) is 7.21. The molecular weight excluding hydrogens is 376 g/mol. The van der Waals surface area contributed by atoms with Gasteiger partial charge in [-0.2, -0.15) is 0 Å². The molecule has 0 radical (unpaired) electrons. The Morgan fingerprint density at radius 3 is 2.00 bits per heavy atom. The van der Waals surface area contributed by atoms with E-state index in [4.69, 9.17) is 11.5 Å². The van der Waals surface area contributed by atoms with E-state index in [0.717, 1.165) is 52.9 Å². The Balaban J connectivity index is 0.000000303. The second kappa shape index (κ2) is 12.9. The first-order valence-corrected chi connectivity index (χ1v) is 10.3. The van der Waals surface area contributed by atoms with Crippen molar-refractivity contribution in [3.63, 3.8) is 0 Å². The van der Waals surface area contributed by atoms with Crippen molar-refractivity contribution in [3.8, 4) is 0 Å². The van der Waals surface area contributed by atoms with Crippen LogP contribution in [0.15, 0.2) is 30.3 Å². The molecule has 2 rings (SSSR count). The van der Waals surface area contributed by atoms with Crippen LogP contribution in [0.25, 0.3) is 0 Å². The minimum Gasteiger partial charge on any atom is -0.399 e. The van der Waals surface area contributed by atoms with Crippen molar-refractivity contribution < 1.29 is 9.59 Å². The maximum Gasteiger partial charge on any atom is 0.160 e. The van der Waals surface area contributed by atoms with Gasteiger partial charge in [0.1, 0.15) is 0 Å². The molecule has 6 N–H and O–H groups in total. The molecule has 164 valence electrons. The molecular formula is C24H36N4O2. The van der Waals surface area contributed by atoms with Crippen molar-refractivity contribution in [2.24, 2.45) is 5.73 Å². The summed E-state index contributed by atoms with van der Waals surface area (Å²) >= 11 is 0. The van der Waals surface area contributed by atoms with Crippen LogP contribution in [0, 0.1) is 6.92 Å². The van der Waals surface area contributed by atoms with Crippen molar-refractivity contribution in [1.29, 1.82) is 0 Å². The van der Waals surface area contributed by atoms with Crippen LogP contribution >= 0.6 is 0 Å². The largest absolute Gasteiger partial charge is 0.399 e. The number of carbonyl (C=O) groups is 2. The topological polar surface area (TPSA) is 110 Å². The Morgan fingerprint density at radius 1 is 0.900 bits per heavy atom. The smallest absolute Gasteiger partial charge is 0.160 e. The van der Waals surface area contributed by atoms with Gasteiger partial charge in [-0.15, -0.1) is 0 Å². The number of hydrogen-bond acceptors (Lipinski definition) is 6. The molecule has 6 heteroatoms. The Bertz CT molecular complexity index is 863. The molecule has 0 saturated carbocycles. The number of nitrogens with two attached hydrogens (primary N) is 2. The number of aryl methyl sites for hydroxylation is 1. The molecule has 6 nitrogen and oxygen atoms in total. The average Bonchev–Trinajstić information content (AvgIpc) is 2.71. The summed E-state index contributed by atoms with van der Waals surface area (Å²) in [7, 11) is 3.75. The van der Waals surface area contributed by atoms with E-state index in [1.807, 2.05) is 33.2 Å². The number of rotatable bonds is 9. The summed E-state index contributed by atoms with van der Waals surface area (Å²) in [6.07, 6.45) is 1.90. The highest BCUT2D eigenvalue weighted by Crippen LogP contribution is 2.21. The summed E-state index contributed by atoms with van der Waals surface area (Å²) in [5.74, 6) is 0.207. The van der Waals surface area contributed by atoms with E-state index >= 15 is 0 Å². The first-order valence-electron chi connectivity index (χ1n) is 10.3. The van der Waals surface area contributed by atoms with Crippen molar-refractivity contribution in [2.75, 3.05) is 26.4 Å². The molecule has 0 amide bonds. The highest BCUT2D eigenvalue weighted by atomic mass is 16.1. The standard InChI is InChI=1S/C13H20N2O.C11H16N2O/c1-10(16)12-7-3-5-11(6-4-8-14)13(12)9-15-2;1-7-10(6-13-3)9(8(2)14)4-5-11(7)12/h3,5,7,15H,4,6,8-9,14H2,1-2H3;4-5,13H,6,12H2,1-3H3. The van der Waals surface area contributed by atoms with Gasteiger partial charge in [0.05, 0.1) is 0 Å². The predicted octanol–water partition coefficient (Wildman–Crippen LogP) is 3.00. The third-order valence-corrected chi connectivity index (χ3v) is 5.03. The first-order chi connectivity index (χ1) is 14.3. The van der Waals surface area contributed by atoms with Gasteiger partial charge in [-0.1, -0.05) is 18.2 Å². The molecule has 0 heterocycles. The number of Topliss-reactive ketones (excluding diaryl/α,β-unsaturated/α-hetero) is 2. The third kappa shape index (κ3) is 7.06. The van der Waals surface area contributed by atoms with Crippen molar-refractivity contribution in [2.45, 2.75) is 46.7 Å². The lowest BCUT2D eigenvalue weighted by Crippen LogP contribution is -2.13. The zero-order valence-corrected chi connectivity index (χ0v) is 18.9. The molecule has 0 aliphatic heterocycles. The maximum atomic E-state index is 11.5. The molecule has 0 spiro atoms. The molecule has 2 aromatic carbocycles. The van der Waals surface area contributed by atoms with Gasteiger partial charge >= 0.3 is 0 Å². The lowest BCUT2D eigenvalue weighted by atomic mass is 9.95. The molecule has 0 fully saturated rings. The molecule has 0 saturated heterocycles. The second-order valence-corrected chi connectivity index (χ2v) is 7.31. The lowest BCUT2D eigenvalue weighted by molar-refractivity contribution is 0.100. The van der Waals surface area contributed by atoms with E-state index in [1.165, 1.54) is 5.56 Å². The van der Waals surface area contributed by atoms with Gasteiger partial charge in [-0.3, -0.25) is 9.59 Å². The number of ketones is 2. The number of nitrogens with one attached hydrogen (secondary N) is 2. The maximum absolute atomic E-state index is 11.5. The summed E-state index contributed by atoms with van der Waals surface area (Å²) in [4.78, 5) is 22.9. The van der Waals surface area contributed by atoms with E-state index in [9.17, 15) is 9.59 Å². The Hall–Kier alpha value is -2.54. The molecule has 0 aromatic heterocycles. The highest BCUT2D eigenvalue weighted by Gasteiger charge is 2.11. The van der Waals surface area contributed by atoms with Gasteiger partial charge in [-0.05, 0) is 88.6 Å². The zero-order valence-electron chi connectivity index (χ0n) is 18.9. The normalized spacial score (nSPS) is 10.3. The van der Waals surface area contributed by atoms with Crippen molar-refractivity contribution in [3.05, 3.63) is 63.7 Å². The van der Waals surface area contributed by atoms with Crippen LogP contribution < -0.4 is 22.1 Å². The highest BCUT2D eigenvalue weighted by molar-refractivity contribution is 5.96. The van der Waals surface area contributed by atoms with Gasteiger partial charge in [0.2, 0.25) is 0 Å². The van der Waals surface area contributed by atoms with Crippen LogP contribution in [0.1, 0.15) is 63.2 Å². The lowest BCUT2D eigenvalue weighted by Gasteiger charge is -2.12. The molecule has 0 aliphatic carbocycles. The van der Waals surface area contributed by atoms with E-state index in [2.05, 4.69) is 16.7 Å². The van der Waals surface area contributed by atoms with Crippen LogP contribution in [0.3, 0.4) is 0 Å². The monoisotopic (exact) mass is 412 g/mol. The fourth-order valence-corrected chi connectivity index (χ4v) is 3.39. The Labute approximate surface area is 180 Å². The third-order valence-electron chi connectivity index (χ3n) is 5.03. The molecule has 30 heavy (non-hydrogen) atoms. The Kier molecular flexibility index (Phi) is 11.0. The van der Waals surface area contributed by atoms with Crippen LogP contribution in [0.2, 0.25) is 0 Å². The number of nitrogen functional groups attached to an aromatic ring is 1. The fraction of sp³-hybridized carbons (Fsp3) is 0.417. The average molecular weight is 413 g/mol. The Morgan fingerprint density at radius 2 is 1.47 bits per heavy atom. The molecule has 0 unspecified atom stereocenters. The number of carbonyl (C=O) groups excluding carboxylic acids is 2. The van der Waals surface area contributed by atoms with Gasteiger partial charge < -0.3 is 22.1 Å². The van der Waals surface area contributed by atoms with Gasteiger partial charge in [-0.25, -0.2) is 0 Å². The molecule has 0 aliphatic rings. The van der Waals surface area contributed by atoms with Crippen LogP contribution in [-0.4, -0.2) is 32.2 Å². The first kappa shape index (κ1) is 25.5. The van der Waals surface area contributed by atoms with E-state index < -0.39 is 0 Å². The van der Waals surface area contributed by atoms with Crippen LogP contribution in [-0.2, 0) is 19.5 Å². The number of benzene rings is 2. The fourth-order valence-electron chi connectivity index (χ4n) is 3.39. The molecule has 2 aromatic rings. The van der Waals surface area contributed by atoms with E-state index in [-0.39, 0.29) is 11.6 Å². The van der Waals surface area contributed by atoms with Gasteiger partial charge in [0.25, 0.3) is 0 Å². The summed E-state index contributed by atoms with van der Waals surface area (Å²) < 4.78 is 0. The summed E-state index contributed by atoms with van der Waals surface area (Å²) in [6, 6.07) is 9.49. The quantitative estimate of drug-likeness (QED) is 0.372. The molecule has 0 atom stereocenters. The zero-order chi connectivity index (χ0) is 22.7. The van der Waals surface area contributed by atoms with E-state index in [1.54, 1.807) is 26.0 Å². The summed E-state index contributed by atoms with van der Waals surface area (Å²) in [5.41, 5.74) is 17.9.